The maximum Gasteiger partial charge on any atom is 0.284 e. The summed E-state index contributed by atoms with van der Waals surface area (Å²) in [5, 5.41) is 21.9. The van der Waals surface area contributed by atoms with Crippen molar-refractivity contribution in [3.05, 3.63) is 23.6 Å². The number of rotatable bonds is 5. The number of aliphatic hydroxyl groups excluding tert-OH is 1. The zero-order valence-corrected chi connectivity index (χ0v) is 12.8. The Morgan fingerprint density at radius 3 is 2.71 bits per heavy atom. The minimum Gasteiger partial charge on any atom is -0.484 e. The predicted octanol–water partition coefficient (Wildman–Crippen LogP) is 1.25. The SMILES string of the molecule is C=C1C2=C(C(=O)N1OC)[C@@H](O)[C@](C)(O)[C@H](CCCCC)O2. The molecule has 0 aliphatic carbocycles. The van der Waals surface area contributed by atoms with E-state index in [1.807, 2.05) is 0 Å². The molecule has 2 N–H and O–H groups in total. The number of nitrogens with zero attached hydrogens (tertiary/aromatic N) is 1. The first-order chi connectivity index (χ1) is 9.86. The van der Waals surface area contributed by atoms with Crippen molar-refractivity contribution >= 4 is 5.91 Å². The van der Waals surface area contributed by atoms with E-state index in [1.54, 1.807) is 0 Å². The molecular weight excluding hydrogens is 274 g/mol. The van der Waals surface area contributed by atoms with Crippen molar-refractivity contribution in [2.24, 2.45) is 0 Å². The molecular formula is C15H23NO5. The highest BCUT2D eigenvalue weighted by atomic mass is 16.7. The molecule has 6 nitrogen and oxygen atoms in total. The molecule has 118 valence electrons. The zero-order chi connectivity index (χ0) is 15.8. The molecule has 0 radical (unpaired) electrons. The van der Waals surface area contributed by atoms with E-state index in [2.05, 4.69) is 13.5 Å². The summed E-state index contributed by atoms with van der Waals surface area (Å²) in [4.78, 5) is 17.1. The lowest BCUT2D eigenvalue weighted by atomic mass is 9.82. The Morgan fingerprint density at radius 2 is 2.14 bits per heavy atom. The number of carbonyl (C=O) groups excluding carboxylic acids is 1. The Bertz CT molecular complexity index is 482. The minimum atomic E-state index is -1.52. The quantitative estimate of drug-likeness (QED) is 0.747. The molecule has 2 rings (SSSR count). The van der Waals surface area contributed by atoms with E-state index in [9.17, 15) is 15.0 Å². The van der Waals surface area contributed by atoms with E-state index < -0.39 is 23.7 Å². The first kappa shape index (κ1) is 16.0. The van der Waals surface area contributed by atoms with Gasteiger partial charge in [-0.3, -0.25) is 9.63 Å². The molecule has 0 bridgehead atoms. The van der Waals surface area contributed by atoms with Crippen LogP contribution in [0.1, 0.15) is 39.5 Å². The van der Waals surface area contributed by atoms with Crippen LogP contribution in [0.4, 0.5) is 0 Å². The summed E-state index contributed by atoms with van der Waals surface area (Å²) >= 11 is 0. The second-order valence-electron chi connectivity index (χ2n) is 5.70. The van der Waals surface area contributed by atoms with Gasteiger partial charge in [-0.25, -0.2) is 0 Å². The van der Waals surface area contributed by atoms with Crippen LogP contribution < -0.4 is 0 Å². The van der Waals surface area contributed by atoms with Crippen molar-refractivity contribution in [1.82, 2.24) is 5.06 Å². The van der Waals surface area contributed by atoms with Gasteiger partial charge in [0, 0.05) is 0 Å². The van der Waals surface area contributed by atoms with Gasteiger partial charge in [0.25, 0.3) is 5.91 Å². The number of hydrogen-bond acceptors (Lipinski definition) is 5. The fourth-order valence-corrected chi connectivity index (χ4v) is 2.80. The highest BCUT2D eigenvalue weighted by molar-refractivity contribution is 6.00. The van der Waals surface area contributed by atoms with Crippen LogP contribution in [0.25, 0.3) is 0 Å². The first-order valence-electron chi connectivity index (χ1n) is 7.25. The number of amides is 1. The molecule has 2 heterocycles. The summed E-state index contributed by atoms with van der Waals surface area (Å²) in [6.45, 7) is 7.34. The zero-order valence-electron chi connectivity index (χ0n) is 12.8. The molecule has 0 saturated carbocycles. The van der Waals surface area contributed by atoms with Crippen LogP contribution in [0.5, 0.6) is 0 Å². The molecule has 0 fully saturated rings. The molecule has 2 aliphatic rings. The van der Waals surface area contributed by atoms with Crippen molar-refractivity contribution in [2.75, 3.05) is 7.11 Å². The first-order valence-corrected chi connectivity index (χ1v) is 7.25. The lowest BCUT2D eigenvalue weighted by Crippen LogP contribution is -2.55. The lowest BCUT2D eigenvalue weighted by Gasteiger charge is -2.40. The summed E-state index contributed by atoms with van der Waals surface area (Å²) in [6, 6.07) is 0. The van der Waals surface area contributed by atoms with Gasteiger partial charge in [0.2, 0.25) is 0 Å². The lowest BCUT2D eigenvalue weighted by molar-refractivity contribution is -0.162. The van der Waals surface area contributed by atoms with Gasteiger partial charge >= 0.3 is 0 Å². The summed E-state index contributed by atoms with van der Waals surface area (Å²) in [6.07, 6.45) is 1.64. The Kier molecular flexibility index (Phi) is 4.41. The van der Waals surface area contributed by atoms with E-state index in [1.165, 1.54) is 14.0 Å². The van der Waals surface area contributed by atoms with E-state index in [0.29, 0.717) is 6.42 Å². The van der Waals surface area contributed by atoms with Gasteiger partial charge in [-0.15, -0.1) is 0 Å². The Balaban J connectivity index is 2.28. The van der Waals surface area contributed by atoms with Gasteiger partial charge in [-0.05, 0) is 19.8 Å². The molecule has 21 heavy (non-hydrogen) atoms. The van der Waals surface area contributed by atoms with Gasteiger partial charge < -0.3 is 14.9 Å². The van der Waals surface area contributed by atoms with Crippen LogP contribution in [0.15, 0.2) is 23.6 Å². The number of unbranched alkanes of at least 4 members (excludes halogenated alkanes) is 2. The van der Waals surface area contributed by atoms with Crippen molar-refractivity contribution in [3.63, 3.8) is 0 Å². The van der Waals surface area contributed by atoms with Crippen molar-refractivity contribution < 1.29 is 24.6 Å². The van der Waals surface area contributed by atoms with Gasteiger partial charge in [-0.2, -0.15) is 5.06 Å². The predicted molar refractivity (Wildman–Crippen MR) is 75.7 cm³/mol. The van der Waals surface area contributed by atoms with Crippen LogP contribution >= 0.6 is 0 Å². The third-order valence-electron chi connectivity index (χ3n) is 4.16. The highest BCUT2D eigenvalue weighted by Crippen LogP contribution is 2.42. The molecule has 1 amide bonds. The number of aliphatic hydroxyl groups is 2. The van der Waals surface area contributed by atoms with Crippen LogP contribution in [-0.2, 0) is 14.4 Å². The van der Waals surface area contributed by atoms with Crippen molar-refractivity contribution in [1.29, 1.82) is 0 Å². The van der Waals surface area contributed by atoms with Gasteiger partial charge in [-0.1, -0.05) is 26.3 Å². The molecule has 0 aromatic heterocycles. The number of hydrogen-bond donors (Lipinski definition) is 2. The summed E-state index contributed by atoms with van der Waals surface area (Å²) in [7, 11) is 1.34. The maximum atomic E-state index is 12.2. The number of carbonyl (C=O) groups is 1. The number of hydroxylamine groups is 2. The van der Waals surface area contributed by atoms with Crippen LogP contribution in [0.2, 0.25) is 0 Å². The average Bonchev–Trinajstić information content (AvgIpc) is 2.67. The molecule has 0 unspecified atom stereocenters. The summed E-state index contributed by atoms with van der Waals surface area (Å²) < 4.78 is 5.78. The third kappa shape index (κ3) is 2.47. The van der Waals surface area contributed by atoms with E-state index in [4.69, 9.17) is 9.57 Å². The van der Waals surface area contributed by atoms with Gasteiger partial charge in [0.1, 0.15) is 23.5 Å². The monoisotopic (exact) mass is 297 g/mol. The minimum absolute atomic E-state index is 0.0126. The Hall–Kier alpha value is -1.37. The highest BCUT2D eigenvalue weighted by Gasteiger charge is 2.54. The number of ether oxygens (including phenoxy) is 1. The third-order valence-corrected chi connectivity index (χ3v) is 4.16. The smallest absolute Gasteiger partial charge is 0.284 e. The fraction of sp³-hybridized carbons (Fsp3) is 0.667. The standard InChI is InChI=1S/C15H23NO5/c1-5-6-7-8-10-15(3,19)13(17)11-12(21-10)9(2)16(20-4)14(11)18/h10,13,17,19H,2,5-8H2,1,3-4H3/t10-,13+,15+/m0/s1. The molecule has 0 aromatic rings. The molecule has 3 atom stereocenters. The average molecular weight is 297 g/mol. The Labute approximate surface area is 124 Å². The summed E-state index contributed by atoms with van der Waals surface area (Å²) in [5.41, 5.74) is -1.25. The molecule has 0 saturated heterocycles. The fourth-order valence-electron chi connectivity index (χ4n) is 2.80. The van der Waals surface area contributed by atoms with Gasteiger partial charge in [0.05, 0.1) is 12.7 Å². The van der Waals surface area contributed by atoms with Crippen LogP contribution in [-0.4, -0.2) is 46.1 Å². The largest absolute Gasteiger partial charge is 0.484 e. The molecule has 0 spiro atoms. The van der Waals surface area contributed by atoms with E-state index in [-0.39, 0.29) is 17.0 Å². The Morgan fingerprint density at radius 1 is 1.48 bits per heavy atom. The molecule has 0 aromatic carbocycles. The van der Waals surface area contributed by atoms with E-state index in [0.717, 1.165) is 24.3 Å². The second-order valence-corrected chi connectivity index (χ2v) is 5.70. The summed E-state index contributed by atoms with van der Waals surface area (Å²) in [5.74, 6) is -0.320. The topological polar surface area (TPSA) is 79.2 Å². The maximum absolute atomic E-state index is 12.2. The van der Waals surface area contributed by atoms with Crippen molar-refractivity contribution in [2.45, 2.75) is 57.3 Å². The normalized spacial score (nSPS) is 32.5. The second kappa shape index (κ2) is 5.79. The van der Waals surface area contributed by atoms with Crippen LogP contribution in [0.3, 0.4) is 0 Å². The van der Waals surface area contributed by atoms with Gasteiger partial charge in [0.15, 0.2) is 5.76 Å². The molecule has 2 aliphatic heterocycles. The molecule has 6 heteroatoms. The van der Waals surface area contributed by atoms with Crippen molar-refractivity contribution in [3.8, 4) is 0 Å². The van der Waals surface area contributed by atoms with E-state index >= 15 is 0 Å². The van der Waals surface area contributed by atoms with Crippen LogP contribution in [0, 0.1) is 0 Å².